The number of hydrogen-bond acceptors (Lipinski definition) is 2. The summed E-state index contributed by atoms with van der Waals surface area (Å²) in [5.41, 5.74) is 1.90. The number of hydrogen-bond donors (Lipinski definition) is 1. The van der Waals surface area contributed by atoms with Crippen molar-refractivity contribution in [1.82, 2.24) is 5.32 Å². The molecule has 0 saturated carbocycles. The first kappa shape index (κ1) is 14.5. The quantitative estimate of drug-likeness (QED) is 0.818. The van der Waals surface area contributed by atoms with Crippen molar-refractivity contribution >= 4 is 0 Å². The fraction of sp³-hybridized carbons (Fsp3) is 0.250. The normalized spacial score (nSPS) is 10.6. The molecule has 0 atom stereocenters. The van der Waals surface area contributed by atoms with Crippen molar-refractivity contribution in [2.75, 3.05) is 13.7 Å². The third-order valence-corrected chi connectivity index (χ3v) is 3.04. The Bertz CT molecular complexity index is 572. The first-order chi connectivity index (χ1) is 9.69. The molecule has 2 aromatic rings. The second kappa shape index (κ2) is 7.01. The van der Waals surface area contributed by atoms with Crippen LogP contribution in [0.25, 0.3) is 0 Å². The maximum absolute atomic E-state index is 13.0. The van der Waals surface area contributed by atoms with Crippen LogP contribution in [0, 0.1) is 11.6 Å². The molecule has 0 aliphatic rings. The minimum absolute atomic E-state index is 0.515. The lowest BCUT2D eigenvalue weighted by Gasteiger charge is -2.07. The van der Waals surface area contributed by atoms with Gasteiger partial charge in [0.25, 0.3) is 0 Å². The summed E-state index contributed by atoms with van der Waals surface area (Å²) in [6, 6.07) is 11.8. The van der Waals surface area contributed by atoms with Gasteiger partial charge in [-0.25, -0.2) is 8.78 Å². The molecule has 2 nitrogen and oxygen atoms in total. The molecule has 0 amide bonds. The Morgan fingerprint density at radius 2 is 1.85 bits per heavy atom. The monoisotopic (exact) mass is 277 g/mol. The molecule has 0 fully saturated rings. The smallest absolute Gasteiger partial charge is 0.159 e. The summed E-state index contributed by atoms with van der Waals surface area (Å²) in [6.07, 6.45) is 0.848. The van der Waals surface area contributed by atoms with E-state index in [9.17, 15) is 8.78 Å². The van der Waals surface area contributed by atoms with E-state index in [2.05, 4.69) is 5.32 Å². The zero-order valence-corrected chi connectivity index (χ0v) is 11.3. The molecule has 0 aliphatic heterocycles. The molecule has 106 valence electrons. The van der Waals surface area contributed by atoms with Gasteiger partial charge in [-0.2, -0.15) is 0 Å². The van der Waals surface area contributed by atoms with Gasteiger partial charge >= 0.3 is 0 Å². The lowest BCUT2D eigenvalue weighted by molar-refractivity contribution is 0.414. The SMILES string of the molecule is COc1cccc(CCNCc2ccc(F)c(F)c2)c1. The van der Waals surface area contributed by atoms with Gasteiger partial charge < -0.3 is 10.1 Å². The number of nitrogens with one attached hydrogen (secondary N) is 1. The van der Waals surface area contributed by atoms with Gasteiger partial charge in [0.05, 0.1) is 7.11 Å². The van der Waals surface area contributed by atoms with E-state index in [1.807, 2.05) is 24.3 Å². The van der Waals surface area contributed by atoms with Gasteiger partial charge in [0.15, 0.2) is 11.6 Å². The Morgan fingerprint density at radius 1 is 1.00 bits per heavy atom. The molecule has 0 aromatic heterocycles. The van der Waals surface area contributed by atoms with Crippen molar-refractivity contribution in [1.29, 1.82) is 0 Å². The predicted octanol–water partition coefficient (Wildman–Crippen LogP) is 3.31. The van der Waals surface area contributed by atoms with E-state index in [1.165, 1.54) is 11.6 Å². The van der Waals surface area contributed by atoms with E-state index >= 15 is 0 Å². The van der Waals surface area contributed by atoms with Gasteiger partial charge in [-0.15, -0.1) is 0 Å². The first-order valence-corrected chi connectivity index (χ1v) is 6.46. The summed E-state index contributed by atoms with van der Waals surface area (Å²) < 4.78 is 30.9. The second-order valence-corrected chi connectivity index (χ2v) is 4.53. The molecule has 20 heavy (non-hydrogen) atoms. The standard InChI is InChI=1S/C16H17F2NO/c1-20-14-4-2-3-12(9-14)7-8-19-11-13-5-6-15(17)16(18)10-13/h2-6,9-10,19H,7-8,11H2,1H3. The van der Waals surface area contributed by atoms with Crippen LogP contribution in [0.4, 0.5) is 8.78 Å². The molecule has 0 heterocycles. The van der Waals surface area contributed by atoms with Gasteiger partial charge in [-0.05, 0) is 48.4 Å². The molecule has 0 unspecified atom stereocenters. The van der Waals surface area contributed by atoms with Gasteiger partial charge in [0, 0.05) is 6.54 Å². The van der Waals surface area contributed by atoms with Crippen LogP contribution < -0.4 is 10.1 Å². The number of benzene rings is 2. The highest BCUT2D eigenvalue weighted by Gasteiger charge is 2.02. The molecule has 0 saturated heterocycles. The van der Waals surface area contributed by atoms with Crippen molar-refractivity contribution in [3.63, 3.8) is 0 Å². The number of methoxy groups -OCH3 is 1. The van der Waals surface area contributed by atoms with Crippen molar-refractivity contribution in [2.24, 2.45) is 0 Å². The van der Waals surface area contributed by atoms with E-state index < -0.39 is 11.6 Å². The summed E-state index contributed by atoms with van der Waals surface area (Å²) in [4.78, 5) is 0. The lowest BCUT2D eigenvalue weighted by atomic mass is 10.1. The molecular weight excluding hydrogens is 260 g/mol. The minimum atomic E-state index is -0.815. The summed E-state index contributed by atoms with van der Waals surface area (Å²) in [5, 5.41) is 3.20. The van der Waals surface area contributed by atoms with E-state index in [0.29, 0.717) is 6.54 Å². The molecule has 0 aliphatic carbocycles. The van der Waals surface area contributed by atoms with Crippen LogP contribution in [0.5, 0.6) is 5.75 Å². The second-order valence-electron chi connectivity index (χ2n) is 4.53. The van der Waals surface area contributed by atoms with Crippen molar-refractivity contribution in [2.45, 2.75) is 13.0 Å². The third kappa shape index (κ3) is 4.03. The van der Waals surface area contributed by atoms with Gasteiger partial charge in [0.2, 0.25) is 0 Å². The number of rotatable bonds is 6. The highest BCUT2D eigenvalue weighted by atomic mass is 19.2. The molecule has 0 spiro atoms. The van der Waals surface area contributed by atoms with Crippen LogP contribution in [-0.4, -0.2) is 13.7 Å². The van der Waals surface area contributed by atoms with Crippen LogP contribution >= 0.6 is 0 Å². The van der Waals surface area contributed by atoms with Crippen LogP contribution in [0.3, 0.4) is 0 Å². The fourth-order valence-corrected chi connectivity index (χ4v) is 1.94. The predicted molar refractivity (Wildman–Crippen MR) is 74.8 cm³/mol. The fourth-order valence-electron chi connectivity index (χ4n) is 1.94. The number of halogens is 2. The molecule has 0 radical (unpaired) electrons. The average molecular weight is 277 g/mol. The van der Waals surface area contributed by atoms with Crippen LogP contribution in [0.1, 0.15) is 11.1 Å². The lowest BCUT2D eigenvalue weighted by Crippen LogP contribution is -2.16. The van der Waals surface area contributed by atoms with Crippen molar-refractivity contribution < 1.29 is 13.5 Å². The minimum Gasteiger partial charge on any atom is -0.497 e. The van der Waals surface area contributed by atoms with Crippen LogP contribution in [-0.2, 0) is 13.0 Å². The Hall–Kier alpha value is -1.94. The maximum atomic E-state index is 13.0. The molecule has 0 bridgehead atoms. The van der Waals surface area contributed by atoms with Gasteiger partial charge in [0.1, 0.15) is 5.75 Å². The molecular formula is C16H17F2NO. The van der Waals surface area contributed by atoms with Gasteiger partial charge in [-0.1, -0.05) is 18.2 Å². The van der Waals surface area contributed by atoms with E-state index in [0.717, 1.165) is 30.3 Å². The Labute approximate surface area is 117 Å². The average Bonchev–Trinajstić information content (AvgIpc) is 2.47. The highest BCUT2D eigenvalue weighted by molar-refractivity contribution is 5.28. The first-order valence-electron chi connectivity index (χ1n) is 6.46. The van der Waals surface area contributed by atoms with Crippen LogP contribution in [0.15, 0.2) is 42.5 Å². The zero-order chi connectivity index (χ0) is 14.4. The third-order valence-electron chi connectivity index (χ3n) is 3.04. The van der Waals surface area contributed by atoms with Crippen molar-refractivity contribution in [3.05, 3.63) is 65.2 Å². The summed E-state index contributed by atoms with van der Waals surface area (Å²) in [7, 11) is 1.64. The highest BCUT2D eigenvalue weighted by Crippen LogP contribution is 2.12. The van der Waals surface area contributed by atoms with Gasteiger partial charge in [-0.3, -0.25) is 0 Å². The Balaban J connectivity index is 1.79. The molecule has 2 aromatic carbocycles. The topological polar surface area (TPSA) is 21.3 Å². The zero-order valence-electron chi connectivity index (χ0n) is 11.3. The Kier molecular flexibility index (Phi) is 5.07. The largest absolute Gasteiger partial charge is 0.497 e. The molecule has 1 N–H and O–H groups in total. The summed E-state index contributed by atoms with van der Waals surface area (Å²) >= 11 is 0. The summed E-state index contributed by atoms with van der Waals surface area (Å²) in [6.45, 7) is 1.27. The molecule has 4 heteroatoms. The number of ether oxygens (including phenoxy) is 1. The van der Waals surface area contributed by atoms with Crippen molar-refractivity contribution in [3.8, 4) is 5.75 Å². The van der Waals surface area contributed by atoms with E-state index in [1.54, 1.807) is 13.2 Å². The maximum Gasteiger partial charge on any atom is 0.159 e. The molecule has 2 rings (SSSR count). The van der Waals surface area contributed by atoms with E-state index in [4.69, 9.17) is 4.74 Å². The van der Waals surface area contributed by atoms with E-state index in [-0.39, 0.29) is 0 Å². The van der Waals surface area contributed by atoms with Crippen LogP contribution in [0.2, 0.25) is 0 Å². The summed E-state index contributed by atoms with van der Waals surface area (Å²) in [5.74, 6) is -0.787. The Morgan fingerprint density at radius 3 is 2.60 bits per heavy atom.